The number of hydrogen-bond donors (Lipinski definition) is 2. The molecular formula is C15H21ClN2O3. The molecule has 6 heteroatoms. The van der Waals surface area contributed by atoms with E-state index in [-0.39, 0.29) is 12.0 Å². The van der Waals surface area contributed by atoms with E-state index < -0.39 is 0 Å². The molecule has 1 aliphatic rings. The van der Waals surface area contributed by atoms with Crippen molar-refractivity contribution in [2.75, 3.05) is 32.1 Å². The summed E-state index contributed by atoms with van der Waals surface area (Å²) in [5, 5.41) is 6.33. The van der Waals surface area contributed by atoms with Crippen LogP contribution in [-0.4, -0.2) is 38.8 Å². The standard InChI is InChI=1S/C15H21ClN2O3/c1-17-7-6-15(19)18-13-9-11(16)4-5-14(13)21-10-12-3-2-8-20-12/h4-5,9,12,17H,2-3,6-8,10H2,1H3,(H,18,19). The van der Waals surface area contributed by atoms with Crippen LogP contribution in [-0.2, 0) is 9.53 Å². The van der Waals surface area contributed by atoms with Crippen LogP contribution in [0, 0.1) is 0 Å². The molecule has 1 amide bonds. The van der Waals surface area contributed by atoms with Gasteiger partial charge in [0.05, 0.1) is 11.8 Å². The maximum atomic E-state index is 11.8. The van der Waals surface area contributed by atoms with Gasteiger partial charge in [-0.2, -0.15) is 0 Å². The minimum Gasteiger partial charge on any atom is -0.489 e. The van der Waals surface area contributed by atoms with Gasteiger partial charge in [0.15, 0.2) is 0 Å². The molecule has 0 spiro atoms. The molecule has 1 saturated heterocycles. The highest BCUT2D eigenvalue weighted by atomic mass is 35.5. The number of carbonyl (C=O) groups is 1. The molecule has 1 aromatic carbocycles. The summed E-state index contributed by atoms with van der Waals surface area (Å²) in [4.78, 5) is 11.8. The predicted octanol–water partition coefficient (Wildman–Crippen LogP) is 2.45. The van der Waals surface area contributed by atoms with E-state index in [0.29, 0.717) is 36.0 Å². The summed E-state index contributed by atoms with van der Waals surface area (Å²) in [6, 6.07) is 5.21. The molecule has 1 aliphatic heterocycles. The third-order valence-electron chi connectivity index (χ3n) is 3.27. The molecule has 0 aliphatic carbocycles. The zero-order chi connectivity index (χ0) is 15.1. The molecule has 0 radical (unpaired) electrons. The van der Waals surface area contributed by atoms with E-state index in [1.54, 1.807) is 18.2 Å². The Hall–Kier alpha value is -1.30. The number of halogens is 1. The van der Waals surface area contributed by atoms with Crippen LogP contribution < -0.4 is 15.4 Å². The molecule has 21 heavy (non-hydrogen) atoms. The number of nitrogens with one attached hydrogen (secondary N) is 2. The van der Waals surface area contributed by atoms with E-state index >= 15 is 0 Å². The lowest BCUT2D eigenvalue weighted by Crippen LogP contribution is -2.20. The fourth-order valence-electron chi connectivity index (χ4n) is 2.14. The molecule has 1 atom stereocenters. The van der Waals surface area contributed by atoms with Gasteiger partial charge < -0.3 is 20.1 Å². The second-order valence-electron chi connectivity index (χ2n) is 4.99. The number of rotatable bonds is 7. The highest BCUT2D eigenvalue weighted by molar-refractivity contribution is 6.31. The third-order valence-corrected chi connectivity index (χ3v) is 3.50. The molecule has 5 nitrogen and oxygen atoms in total. The van der Waals surface area contributed by atoms with E-state index in [1.807, 2.05) is 7.05 Å². The summed E-state index contributed by atoms with van der Waals surface area (Å²) >= 11 is 5.99. The summed E-state index contributed by atoms with van der Waals surface area (Å²) in [5.74, 6) is 0.543. The van der Waals surface area contributed by atoms with Crippen molar-refractivity contribution >= 4 is 23.2 Å². The fraction of sp³-hybridized carbons (Fsp3) is 0.533. The van der Waals surface area contributed by atoms with Crippen LogP contribution in [0.1, 0.15) is 19.3 Å². The van der Waals surface area contributed by atoms with Gasteiger partial charge in [-0.25, -0.2) is 0 Å². The van der Waals surface area contributed by atoms with Crippen molar-refractivity contribution in [1.29, 1.82) is 0 Å². The van der Waals surface area contributed by atoms with Crippen LogP contribution in [0.2, 0.25) is 5.02 Å². The van der Waals surface area contributed by atoms with Crippen molar-refractivity contribution in [1.82, 2.24) is 5.32 Å². The first-order valence-corrected chi connectivity index (χ1v) is 7.55. The van der Waals surface area contributed by atoms with Crippen molar-refractivity contribution < 1.29 is 14.3 Å². The first-order valence-electron chi connectivity index (χ1n) is 7.17. The lowest BCUT2D eigenvalue weighted by molar-refractivity contribution is -0.116. The second-order valence-corrected chi connectivity index (χ2v) is 5.42. The average molecular weight is 313 g/mol. The van der Waals surface area contributed by atoms with Crippen LogP contribution in [0.4, 0.5) is 5.69 Å². The van der Waals surface area contributed by atoms with Crippen LogP contribution in [0.15, 0.2) is 18.2 Å². The van der Waals surface area contributed by atoms with Crippen molar-refractivity contribution in [3.8, 4) is 5.75 Å². The van der Waals surface area contributed by atoms with Gasteiger partial charge in [0.25, 0.3) is 0 Å². The Bertz CT molecular complexity index is 476. The number of benzene rings is 1. The Balaban J connectivity index is 1.97. The minimum absolute atomic E-state index is 0.0754. The van der Waals surface area contributed by atoms with E-state index in [1.165, 1.54) is 0 Å². The Morgan fingerprint density at radius 1 is 1.52 bits per heavy atom. The summed E-state index contributed by atoms with van der Waals surface area (Å²) in [6.45, 7) is 1.90. The molecule has 2 rings (SSSR count). The van der Waals surface area contributed by atoms with E-state index in [9.17, 15) is 4.79 Å². The first kappa shape index (κ1) is 16.1. The lowest BCUT2D eigenvalue weighted by Gasteiger charge is -2.15. The highest BCUT2D eigenvalue weighted by Gasteiger charge is 2.17. The molecule has 1 fully saturated rings. The lowest BCUT2D eigenvalue weighted by atomic mass is 10.2. The summed E-state index contributed by atoms with van der Waals surface area (Å²) in [5.41, 5.74) is 0.599. The second kappa shape index (κ2) is 8.22. The van der Waals surface area contributed by atoms with Crippen LogP contribution >= 0.6 is 11.6 Å². The Kier molecular flexibility index (Phi) is 6.29. The molecule has 1 heterocycles. The van der Waals surface area contributed by atoms with Gasteiger partial charge in [0.1, 0.15) is 12.4 Å². The SMILES string of the molecule is CNCCC(=O)Nc1cc(Cl)ccc1OCC1CCCO1. The topological polar surface area (TPSA) is 59.6 Å². The monoisotopic (exact) mass is 312 g/mol. The predicted molar refractivity (Wildman–Crippen MR) is 83.1 cm³/mol. The largest absolute Gasteiger partial charge is 0.489 e. The van der Waals surface area contributed by atoms with Gasteiger partial charge in [-0.1, -0.05) is 11.6 Å². The van der Waals surface area contributed by atoms with Crippen LogP contribution in [0.3, 0.4) is 0 Å². The number of hydrogen-bond acceptors (Lipinski definition) is 4. The molecule has 0 bridgehead atoms. The maximum absolute atomic E-state index is 11.8. The van der Waals surface area contributed by atoms with Crippen molar-refractivity contribution in [3.05, 3.63) is 23.2 Å². The van der Waals surface area contributed by atoms with Gasteiger partial charge >= 0.3 is 0 Å². The van der Waals surface area contributed by atoms with E-state index in [2.05, 4.69) is 10.6 Å². The Labute approximate surface area is 130 Å². The highest BCUT2D eigenvalue weighted by Crippen LogP contribution is 2.29. The quantitative estimate of drug-likeness (QED) is 0.812. The number of amides is 1. The van der Waals surface area contributed by atoms with Crippen LogP contribution in [0.5, 0.6) is 5.75 Å². The first-order chi connectivity index (χ1) is 10.2. The number of ether oxygens (including phenoxy) is 2. The number of carbonyl (C=O) groups excluding carboxylic acids is 1. The Morgan fingerprint density at radius 3 is 3.10 bits per heavy atom. The van der Waals surface area contributed by atoms with Crippen LogP contribution in [0.25, 0.3) is 0 Å². The average Bonchev–Trinajstić information content (AvgIpc) is 2.97. The van der Waals surface area contributed by atoms with Crippen molar-refractivity contribution in [2.45, 2.75) is 25.4 Å². The molecule has 0 aromatic heterocycles. The molecule has 2 N–H and O–H groups in total. The van der Waals surface area contributed by atoms with E-state index in [4.69, 9.17) is 21.1 Å². The van der Waals surface area contributed by atoms with Gasteiger partial charge in [-0.15, -0.1) is 0 Å². The summed E-state index contributed by atoms with van der Waals surface area (Å²) < 4.78 is 11.3. The maximum Gasteiger partial charge on any atom is 0.225 e. The number of anilines is 1. The van der Waals surface area contributed by atoms with Crippen molar-refractivity contribution in [2.24, 2.45) is 0 Å². The Morgan fingerprint density at radius 2 is 2.38 bits per heavy atom. The third kappa shape index (κ3) is 5.19. The normalized spacial score (nSPS) is 17.7. The minimum atomic E-state index is -0.0754. The zero-order valence-electron chi connectivity index (χ0n) is 12.2. The molecule has 1 unspecified atom stereocenters. The summed E-state index contributed by atoms with van der Waals surface area (Å²) in [7, 11) is 1.81. The van der Waals surface area contributed by atoms with E-state index in [0.717, 1.165) is 19.4 Å². The zero-order valence-corrected chi connectivity index (χ0v) is 12.9. The molecule has 0 saturated carbocycles. The van der Waals surface area contributed by atoms with Gasteiger partial charge in [0.2, 0.25) is 5.91 Å². The van der Waals surface area contributed by atoms with Gasteiger partial charge in [-0.05, 0) is 38.1 Å². The van der Waals surface area contributed by atoms with Crippen molar-refractivity contribution in [3.63, 3.8) is 0 Å². The molecule has 116 valence electrons. The smallest absolute Gasteiger partial charge is 0.225 e. The van der Waals surface area contributed by atoms with Gasteiger partial charge in [0, 0.05) is 24.6 Å². The fourth-order valence-corrected chi connectivity index (χ4v) is 2.31. The summed E-state index contributed by atoms with van der Waals surface area (Å²) in [6.07, 6.45) is 2.61. The molecule has 1 aromatic rings. The van der Waals surface area contributed by atoms with Gasteiger partial charge in [-0.3, -0.25) is 4.79 Å². The molecular weight excluding hydrogens is 292 g/mol.